The molecular formula is C20H24N2O5. The molecule has 7 heteroatoms. The lowest BCUT2D eigenvalue weighted by atomic mass is 10.1. The van der Waals surface area contributed by atoms with E-state index in [0.717, 1.165) is 5.56 Å². The van der Waals surface area contributed by atoms with Gasteiger partial charge in [0.2, 0.25) is 5.91 Å². The Morgan fingerprint density at radius 3 is 2.74 bits per heavy atom. The van der Waals surface area contributed by atoms with Crippen LogP contribution in [0.15, 0.2) is 42.5 Å². The second kappa shape index (κ2) is 9.02. The Morgan fingerprint density at radius 1 is 1.30 bits per heavy atom. The van der Waals surface area contributed by atoms with Crippen molar-refractivity contribution in [1.29, 1.82) is 0 Å². The van der Waals surface area contributed by atoms with Gasteiger partial charge in [0.15, 0.2) is 0 Å². The number of carbonyl (C=O) groups is 3. The smallest absolute Gasteiger partial charge is 0.408 e. The number of para-hydroxylation sites is 1. The van der Waals surface area contributed by atoms with Crippen molar-refractivity contribution in [2.75, 3.05) is 11.9 Å². The highest BCUT2D eigenvalue weighted by Gasteiger charge is 2.17. The number of nitrogens with one attached hydrogen (secondary N) is 2. The molecule has 0 saturated carbocycles. The van der Waals surface area contributed by atoms with Gasteiger partial charge in [-0.1, -0.05) is 30.4 Å². The number of anilines is 1. The summed E-state index contributed by atoms with van der Waals surface area (Å²) in [5.74, 6) is -0.751. The van der Waals surface area contributed by atoms with Crippen molar-refractivity contribution in [3.8, 4) is 0 Å². The molecule has 144 valence electrons. The molecule has 0 aliphatic carbocycles. The van der Waals surface area contributed by atoms with Gasteiger partial charge in [0.05, 0.1) is 0 Å². The maximum atomic E-state index is 12.1. The van der Waals surface area contributed by atoms with E-state index in [1.54, 1.807) is 51.1 Å². The summed E-state index contributed by atoms with van der Waals surface area (Å²) in [6, 6.07) is 7.20. The zero-order valence-electron chi connectivity index (χ0n) is 15.7. The molecule has 1 atom stereocenters. The third-order valence-corrected chi connectivity index (χ3v) is 3.41. The van der Waals surface area contributed by atoms with Gasteiger partial charge in [-0.25, -0.2) is 9.59 Å². The number of hydrogen-bond acceptors (Lipinski definition) is 5. The van der Waals surface area contributed by atoms with Crippen molar-refractivity contribution >= 4 is 29.7 Å². The molecular weight excluding hydrogens is 348 g/mol. The summed E-state index contributed by atoms with van der Waals surface area (Å²) in [6.45, 7) is 5.02. The summed E-state index contributed by atoms with van der Waals surface area (Å²) < 4.78 is 10.3. The quantitative estimate of drug-likeness (QED) is 0.775. The highest BCUT2D eigenvalue weighted by atomic mass is 16.6. The van der Waals surface area contributed by atoms with E-state index < -0.39 is 11.7 Å². The van der Waals surface area contributed by atoms with E-state index in [-0.39, 0.29) is 24.5 Å². The topological polar surface area (TPSA) is 93.7 Å². The van der Waals surface area contributed by atoms with Crippen LogP contribution in [-0.4, -0.2) is 36.2 Å². The molecule has 2 rings (SSSR count). The Bertz CT molecular complexity index is 762. The van der Waals surface area contributed by atoms with Crippen molar-refractivity contribution in [3.05, 3.63) is 48.1 Å². The van der Waals surface area contributed by atoms with Crippen LogP contribution in [0, 0.1) is 0 Å². The Balaban J connectivity index is 1.93. The molecule has 2 N–H and O–H groups in total. The highest BCUT2D eigenvalue weighted by Crippen LogP contribution is 2.18. The van der Waals surface area contributed by atoms with Crippen LogP contribution in [0.1, 0.15) is 32.8 Å². The minimum absolute atomic E-state index is 0.210. The normalized spacial score (nSPS) is 16.7. The molecule has 0 aromatic heterocycles. The van der Waals surface area contributed by atoms with Crippen LogP contribution in [0.2, 0.25) is 0 Å². The molecule has 1 aromatic carbocycles. The van der Waals surface area contributed by atoms with E-state index in [1.807, 2.05) is 12.1 Å². The SMILES string of the molecule is CC(C)(C)OC(=O)NCC(=O)Nc1ccccc1/C=C/[C@H]1CC=CC(=O)O1. The molecule has 27 heavy (non-hydrogen) atoms. The van der Waals surface area contributed by atoms with E-state index in [9.17, 15) is 14.4 Å². The maximum absolute atomic E-state index is 12.1. The van der Waals surface area contributed by atoms with Crippen molar-refractivity contribution in [2.24, 2.45) is 0 Å². The van der Waals surface area contributed by atoms with E-state index in [0.29, 0.717) is 12.1 Å². The summed E-state index contributed by atoms with van der Waals surface area (Å²) in [5.41, 5.74) is 0.714. The first kappa shape index (κ1) is 20.2. The minimum atomic E-state index is -0.655. The molecule has 2 amide bonds. The highest BCUT2D eigenvalue weighted by molar-refractivity contribution is 5.95. The van der Waals surface area contributed by atoms with Crippen LogP contribution in [-0.2, 0) is 19.1 Å². The van der Waals surface area contributed by atoms with Crippen LogP contribution < -0.4 is 10.6 Å². The molecule has 7 nitrogen and oxygen atoms in total. The average Bonchev–Trinajstić information content (AvgIpc) is 2.58. The third-order valence-electron chi connectivity index (χ3n) is 3.41. The van der Waals surface area contributed by atoms with E-state index in [4.69, 9.17) is 9.47 Å². The standard InChI is InChI=1S/C20H24N2O5/c1-20(2,3)27-19(25)21-13-17(23)22-16-9-5-4-7-14(16)11-12-15-8-6-10-18(24)26-15/h4-7,9-12,15H,8,13H2,1-3H3,(H,21,25)(H,22,23)/b12-11+/t15-/m1/s1. The largest absolute Gasteiger partial charge is 0.455 e. The van der Waals surface area contributed by atoms with Gasteiger partial charge in [-0.05, 0) is 38.5 Å². The van der Waals surface area contributed by atoms with Crippen molar-refractivity contribution in [2.45, 2.75) is 38.9 Å². The summed E-state index contributed by atoms with van der Waals surface area (Å²) in [5, 5.41) is 5.15. The molecule has 1 aliphatic heterocycles. The van der Waals surface area contributed by atoms with Gasteiger partial charge in [-0.3, -0.25) is 4.79 Å². The van der Waals surface area contributed by atoms with Crippen molar-refractivity contribution < 1.29 is 23.9 Å². The lowest BCUT2D eigenvalue weighted by molar-refractivity contribution is -0.141. The molecule has 0 bridgehead atoms. The summed E-state index contributed by atoms with van der Waals surface area (Å²) in [7, 11) is 0. The van der Waals surface area contributed by atoms with Gasteiger partial charge in [-0.2, -0.15) is 0 Å². The zero-order valence-corrected chi connectivity index (χ0v) is 15.7. The number of cyclic esters (lactones) is 1. The van der Waals surface area contributed by atoms with E-state index in [2.05, 4.69) is 10.6 Å². The first-order valence-corrected chi connectivity index (χ1v) is 8.64. The van der Waals surface area contributed by atoms with Gasteiger partial charge >= 0.3 is 12.1 Å². The number of carbonyl (C=O) groups excluding carboxylic acids is 3. The van der Waals surface area contributed by atoms with Gasteiger partial charge in [-0.15, -0.1) is 0 Å². The fourth-order valence-corrected chi connectivity index (χ4v) is 2.28. The van der Waals surface area contributed by atoms with Gasteiger partial charge in [0.1, 0.15) is 18.2 Å². The Labute approximate surface area is 158 Å². The fourth-order valence-electron chi connectivity index (χ4n) is 2.28. The summed E-state index contributed by atoms with van der Waals surface area (Å²) in [6.07, 6.45) is 6.33. The van der Waals surface area contributed by atoms with E-state index >= 15 is 0 Å². The molecule has 0 fully saturated rings. The number of ether oxygens (including phenoxy) is 2. The fraction of sp³-hybridized carbons (Fsp3) is 0.350. The first-order chi connectivity index (χ1) is 12.7. The molecule has 1 aliphatic rings. The number of amides is 2. The van der Waals surface area contributed by atoms with Gasteiger partial charge in [0.25, 0.3) is 0 Å². The minimum Gasteiger partial charge on any atom is -0.455 e. The number of benzene rings is 1. The van der Waals surface area contributed by atoms with Gasteiger partial charge < -0.3 is 20.1 Å². The molecule has 0 radical (unpaired) electrons. The molecule has 0 spiro atoms. The Kier molecular flexibility index (Phi) is 6.76. The Hall–Kier alpha value is -3.09. The average molecular weight is 372 g/mol. The lowest BCUT2D eigenvalue weighted by Crippen LogP contribution is -2.37. The number of alkyl carbamates (subject to hydrolysis) is 1. The monoisotopic (exact) mass is 372 g/mol. The summed E-state index contributed by atoms with van der Waals surface area (Å²) in [4.78, 5) is 35.0. The van der Waals surface area contributed by atoms with Crippen LogP contribution in [0.25, 0.3) is 6.08 Å². The number of esters is 1. The first-order valence-electron chi connectivity index (χ1n) is 8.64. The summed E-state index contributed by atoms with van der Waals surface area (Å²) >= 11 is 0. The second-order valence-electron chi connectivity index (χ2n) is 6.96. The predicted molar refractivity (Wildman–Crippen MR) is 102 cm³/mol. The molecule has 0 unspecified atom stereocenters. The maximum Gasteiger partial charge on any atom is 0.408 e. The van der Waals surface area contributed by atoms with Crippen LogP contribution >= 0.6 is 0 Å². The predicted octanol–water partition coefficient (Wildman–Crippen LogP) is 3.03. The van der Waals surface area contributed by atoms with E-state index in [1.165, 1.54) is 6.08 Å². The van der Waals surface area contributed by atoms with Crippen LogP contribution in [0.5, 0.6) is 0 Å². The number of hydrogen-bond donors (Lipinski definition) is 2. The van der Waals surface area contributed by atoms with Gasteiger partial charge in [0, 0.05) is 18.2 Å². The molecule has 1 heterocycles. The van der Waals surface area contributed by atoms with Crippen molar-refractivity contribution in [3.63, 3.8) is 0 Å². The number of rotatable bonds is 5. The van der Waals surface area contributed by atoms with Crippen molar-refractivity contribution in [1.82, 2.24) is 5.32 Å². The Morgan fingerprint density at radius 2 is 2.04 bits per heavy atom. The van der Waals surface area contributed by atoms with Crippen LogP contribution in [0.4, 0.5) is 10.5 Å². The molecule has 1 aromatic rings. The second-order valence-corrected chi connectivity index (χ2v) is 6.96. The zero-order chi connectivity index (χ0) is 19.9. The lowest BCUT2D eigenvalue weighted by Gasteiger charge is -2.19. The third kappa shape index (κ3) is 7.35. The van der Waals surface area contributed by atoms with Crippen LogP contribution in [0.3, 0.4) is 0 Å². The molecule has 0 saturated heterocycles.